The number of nitrogens with zero attached hydrogens (tertiary/aromatic N) is 7. The van der Waals surface area contributed by atoms with Gasteiger partial charge in [-0.1, -0.05) is 11.3 Å². The van der Waals surface area contributed by atoms with Crippen molar-refractivity contribution >= 4 is 17.3 Å². The summed E-state index contributed by atoms with van der Waals surface area (Å²) in [5, 5.41) is 15.5. The first-order valence-corrected chi connectivity index (χ1v) is 12.5. The van der Waals surface area contributed by atoms with E-state index in [2.05, 4.69) is 25.6 Å². The fourth-order valence-electron chi connectivity index (χ4n) is 4.55. The molecule has 1 fully saturated rings. The molecule has 0 radical (unpaired) electrons. The van der Waals surface area contributed by atoms with Crippen molar-refractivity contribution in [2.24, 2.45) is 7.05 Å². The molecule has 0 bridgehead atoms. The van der Waals surface area contributed by atoms with Crippen LogP contribution in [0.1, 0.15) is 27.2 Å². The normalized spacial score (nSPS) is 14.6. The van der Waals surface area contributed by atoms with Crippen molar-refractivity contribution in [1.29, 1.82) is 0 Å². The van der Waals surface area contributed by atoms with Crippen LogP contribution in [0.5, 0.6) is 0 Å². The third kappa shape index (κ3) is 5.51. The summed E-state index contributed by atoms with van der Waals surface area (Å²) < 4.78 is 44.5. The van der Waals surface area contributed by atoms with Crippen molar-refractivity contribution in [1.82, 2.24) is 29.7 Å². The number of nitrogens with one attached hydrogen (secondary N) is 1. The summed E-state index contributed by atoms with van der Waals surface area (Å²) in [6.45, 7) is 6.46. The molecule has 1 N–H and O–H groups in total. The number of halogens is 3. The van der Waals surface area contributed by atoms with Crippen LogP contribution in [-0.4, -0.2) is 68.8 Å². The van der Waals surface area contributed by atoms with E-state index in [0.717, 1.165) is 42.0 Å². The number of carbonyl (C=O) groups excluding carboxylic acids is 1. The third-order valence-electron chi connectivity index (χ3n) is 7.09. The highest BCUT2D eigenvalue weighted by molar-refractivity contribution is 6.05. The summed E-state index contributed by atoms with van der Waals surface area (Å²) in [6.07, 6.45) is -1.09. The van der Waals surface area contributed by atoms with Gasteiger partial charge in [-0.05, 0) is 56.8 Å². The summed E-state index contributed by atoms with van der Waals surface area (Å²) in [7, 11) is 3.82. The lowest BCUT2D eigenvalue weighted by Crippen LogP contribution is -2.44. The maximum Gasteiger partial charge on any atom is 0.416 e. The SMILES string of the molecule is Cc1ccc(NC(=O)c2cc(N3CCN(C)CC3)cc(C(F)(F)F)c2)cc1-n1cc(-c2cnn(C)c2C)nn1. The van der Waals surface area contributed by atoms with Gasteiger partial charge in [-0.25, -0.2) is 4.68 Å². The molecule has 12 heteroatoms. The Morgan fingerprint density at radius 2 is 1.74 bits per heavy atom. The lowest BCUT2D eigenvalue weighted by atomic mass is 10.1. The molecule has 39 heavy (non-hydrogen) atoms. The van der Waals surface area contributed by atoms with Gasteiger partial charge in [0.2, 0.25) is 0 Å². The molecule has 204 valence electrons. The van der Waals surface area contributed by atoms with E-state index >= 15 is 0 Å². The van der Waals surface area contributed by atoms with E-state index in [1.807, 2.05) is 38.9 Å². The topological polar surface area (TPSA) is 84.1 Å². The number of anilines is 2. The van der Waals surface area contributed by atoms with Gasteiger partial charge < -0.3 is 15.1 Å². The number of piperazine rings is 1. The predicted molar refractivity (Wildman–Crippen MR) is 142 cm³/mol. The second kappa shape index (κ2) is 10.2. The maximum atomic E-state index is 13.7. The van der Waals surface area contributed by atoms with Crippen LogP contribution in [0.4, 0.5) is 24.5 Å². The summed E-state index contributed by atoms with van der Waals surface area (Å²) in [5.41, 5.74) is 3.89. The highest BCUT2D eigenvalue weighted by Crippen LogP contribution is 2.34. The second-order valence-electron chi connectivity index (χ2n) is 9.83. The maximum absolute atomic E-state index is 13.7. The first kappa shape index (κ1) is 26.4. The summed E-state index contributed by atoms with van der Waals surface area (Å²) >= 11 is 0. The number of aryl methyl sites for hydroxylation is 2. The smallest absolute Gasteiger partial charge is 0.369 e. The molecule has 1 aliphatic rings. The standard InChI is InChI=1S/C27H29F3N8O/c1-17-5-6-21(14-25(17)38-16-24(33-34-38)23-15-31-36(4)18(23)2)32-26(39)19-11-20(27(28,29)30)13-22(12-19)37-9-7-35(3)8-10-37/h5-6,11-16H,7-10H2,1-4H3,(H,32,39). The molecule has 2 aromatic carbocycles. The lowest BCUT2D eigenvalue weighted by molar-refractivity contribution is -0.137. The van der Waals surface area contributed by atoms with Gasteiger partial charge in [0.25, 0.3) is 5.91 Å². The van der Waals surface area contributed by atoms with Gasteiger partial charge in [0, 0.05) is 61.4 Å². The molecular formula is C27H29F3N8O. The van der Waals surface area contributed by atoms with E-state index in [0.29, 0.717) is 35.8 Å². The molecule has 0 unspecified atom stereocenters. The molecule has 9 nitrogen and oxygen atoms in total. The van der Waals surface area contributed by atoms with E-state index in [1.165, 1.54) is 6.07 Å². The molecular weight excluding hydrogens is 509 g/mol. The molecule has 4 aromatic rings. The Hall–Kier alpha value is -4.19. The molecule has 0 atom stereocenters. The Kier molecular flexibility index (Phi) is 6.89. The van der Waals surface area contributed by atoms with Crippen molar-refractivity contribution in [3.8, 4) is 16.9 Å². The van der Waals surface area contributed by atoms with E-state index in [1.54, 1.807) is 33.9 Å². The van der Waals surface area contributed by atoms with Crippen LogP contribution >= 0.6 is 0 Å². The molecule has 3 heterocycles. The van der Waals surface area contributed by atoms with Crippen molar-refractivity contribution in [3.63, 3.8) is 0 Å². The zero-order valence-corrected chi connectivity index (χ0v) is 22.1. The van der Waals surface area contributed by atoms with Gasteiger partial charge in [-0.2, -0.15) is 18.3 Å². The molecule has 5 rings (SSSR count). The van der Waals surface area contributed by atoms with Crippen LogP contribution in [0.25, 0.3) is 16.9 Å². The van der Waals surface area contributed by atoms with Gasteiger partial charge in [-0.15, -0.1) is 5.10 Å². The highest BCUT2D eigenvalue weighted by atomic mass is 19.4. The largest absolute Gasteiger partial charge is 0.416 e. The number of hydrogen-bond acceptors (Lipinski definition) is 6. The Morgan fingerprint density at radius 3 is 2.41 bits per heavy atom. The fraction of sp³-hybridized carbons (Fsp3) is 0.333. The molecule has 2 aromatic heterocycles. The van der Waals surface area contributed by atoms with E-state index < -0.39 is 17.6 Å². The van der Waals surface area contributed by atoms with Gasteiger partial charge in [0.1, 0.15) is 5.69 Å². The number of likely N-dealkylation sites (N-methyl/N-ethyl adjacent to an activating group) is 1. The van der Waals surface area contributed by atoms with Crippen LogP contribution in [0.3, 0.4) is 0 Å². The van der Waals surface area contributed by atoms with Crippen LogP contribution in [0.2, 0.25) is 0 Å². The van der Waals surface area contributed by atoms with Crippen molar-refractivity contribution in [3.05, 3.63) is 71.2 Å². The number of rotatable bonds is 5. The third-order valence-corrected chi connectivity index (χ3v) is 7.09. The molecule has 1 saturated heterocycles. The minimum atomic E-state index is -4.58. The number of carbonyl (C=O) groups is 1. The molecule has 1 aliphatic heterocycles. The molecule has 0 spiro atoms. The van der Waals surface area contributed by atoms with Gasteiger partial charge >= 0.3 is 6.18 Å². The first-order valence-electron chi connectivity index (χ1n) is 12.5. The van der Waals surface area contributed by atoms with Gasteiger partial charge in [0.15, 0.2) is 0 Å². The summed E-state index contributed by atoms with van der Waals surface area (Å²) in [4.78, 5) is 17.2. The van der Waals surface area contributed by atoms with Crippen LogP contribution in [0, 0.1) is 13.8 Å². The lowest BCUT2D eigenvalue weighted by Gasteiger charge is -2.34. The number of amides is 1. The summed E-state index contributed by atoms with van der Waals surface area (Å²) in [6, 6.07) is 8.75. The van der Waals surface area contributed by atoms with Crippen molar-refractivity contribution in [2.75, 3.05) is 43.4 Å². The quantitative estimate of drug-likeness (QED) is 0.408. The van der Waals surface area contributed by atoms with Crippen molar-refractivity contribution < 1.29 is 18.0 Å². The zero-order chi connectivity index (χ0) is 27.9. The average molecular weight is 539 g/mol. The number of hydrogen-bond donors (Lipinski definition) is 1. The molecule has 0 saturated carbocycles. The minimum Gasteiger partial charge on any atom is -0.369 e. The Labute approximate surface area is 223 Å². The van der Waals surface area contributed by atoms with Gasteiger partial charge in [0.05, 0.1) is 23.6 Å². The minimum absolute atomic E-state index is 0.0593. The summed E-state index contributed by atoms with van der Waals surface area (Å²) in [5.74, 6) is -0.628. The van der Waals surface area contributed by atoms with Crippen molar-refractivity contribution in [2.45, 2.75) is 20.0 Å². The number of aromatic nitrogens is 5. The monoisotopic (exact) mass is 538 g/mol. The molecule has 1 amide bonds. The Bertz CT molecular complexity index is 1520. The van der Waals surface area contributed by atoms with E-state index in [4.69, 9.17) is 0 Å². The van der Waals surface area contributed by atoms with Gasteiger partial charge in [-0.3, -0.25) is 9.48 Å². The molecule has 0 aliphatic carbocycles. The second-order valence-corrected chi connectivity index (χ2v) is 9.83. The first-order chi connectivity index (χ1) is 18.5. The zero-order valence-electron chi connectivity index (χ0n) is 22.1. The number of alkyl halides is 3. The fourth-order valence-corrected chi connectivity index (χ4v) is 4.55. The van der Waals surface area contributed by atoms with E-state index in [9.17, 15) is 18.0 Å². The number of benzene rings is 2. The average Bonchev–Trinajstić information content (AvgIpc) is 3.51. The highest BCUT2D eigenvalue weighted by Gasteiger charge is 2.32. The Morgan fingerprint density at radius 1 is 1.00 bits per heavy atom. The van der Waals surface area contributed by atoms with Crippen LogP contribution in [-0.2, 0) is 13.2 Å². The Balaban J connectivity index is 1.42. The predicted octanol–water partition coefficient (Wildman–Crippen LogP) is 4.31. The van der Waals surface area contributed by atoms with E-state index in [-0.39, 0.29) is 5.56 Å². The van der Waals surface area contributed by atoms with Crippen LogP contribution in [0.15, 0.2) is 48.8 Å². The van der Waals surface area contributed by atoms with Crippen LogP contribution < -0.4 is 10.2 Å².